The first-order valence-corrected chi connectivity index (χ1v) is 5.53. The Labute approximate surface area is 109 Å². The molecule has 1 amide bonds. The van der Waals surface area contributed by atoms with Crippen molar-refractivity contribution in [3.05, 3.63) is 34.9 Å². The van der Waals surface area contributed by atoms with E-state index in [9.17, 15) is 9.59 Å². The highest BCUT2D eigenvalue weighted by molar-refractivity contribution is 6.33. The van der Waals surface area contributed by atoms with Gasteiger partial charge in [0.2, 0.25) is 0 Å². The number of rotatable bonds is 4. The van der Waals surface area contributed by atoms with Crippen molar-refractivity contribution >= 4 is 23.5 Å². The second kappa shape index (κ2) is 6.62. The molecule has 0 bridgehead atoms. The summed E-state index contributed by atoms with van der Waals surface area (Å²) in [5.74, 6) is -1.14. The molecule has 94 valence electrons. The van der Waals surface area contributed by atoms with E-state index in [2.05, 4.69) is 10.1 Å². The molecule has 0 unspecified atom stereocenters. The van der Waals surface area contributed by atoms with Gasteiger partial charge < -0.3 is 10.1 Å². The van der Waals surface area contributed by atoms with Crippen LogP contribution in [0.3, 0.4) is 0 Å². The van der Waals surface area contributed by atoms with Crippen molar-refractivity contribution in [1.82, 2.24) is 5.32 Å². The molecule has 0 saturated heterocycles. The van der Waals surface area contributed by atoms with Crippen LogP contribution in [0.1, 0.15) is 17.3 Å². The fourth-order valence-electron chi connectivity index (χ4n) is 1.21. The molecule has 0 aromatic heterocycles. The van der Waals surface area contributed by atoms with Gasteiger partial charge in [0.05, 0.1) is 10.6 Å². The van der Waals surface area contributed by atoms with E-state index in [1.807, 2.05) is 0 Å². The highest BCUT2D eigenvalue weighted by Crippen LogP contribution is 2.14. The molecule has 6 heteroatoms. The summed E-state index contributed by atoms with van der Waals surface area (Å²) in [5.41, 5.74) is 0.277. The van der Waals surface area contributed by atoms with Crippen molar-refractivity contribution in [1.29, 1.82) is 5.26 Å². The average molecular weight is 267 g/mol. The monoisotopic (exact) mass is 266 g/mol. The number of ether oxygens (including phenoxy) is 1. The lowest BCUT2D eigenvalue weighted by Crippen LogP contribution is -2.39. The van der Waals surface area contributed by atoms with E-state index in [1.165, 1.54) is 6.92 Å². The lowest BCUT2D eigenvalue weighted by molar-refractivity contribution is -0.144. The maximum Gasteiger partial charge on any atom is 0.329 e. The van der Waals surface area contributed by atoms with Crippen molar-refractivity contribution in [3.8, 4) is 6.07 Å². The Bertz CT molecular complexity index is 496. The molecule has 0 aliphatic carbocycles. The molecule has 0 aliphatic heterocycles. The number of esters is 1. The maximum atomic E-state index is 11.8. The number of nitrogens with zero attached hydrogens (tertiary/aromatic N) is 1. The highest BCUT2D eigenvalue weighted by atomic mass is 35.5. The molecule has 0 aliphatic rings. The molecule has 18 heavy (non-hydrogen) atoms. The van der Waals surface area contributed by atoms with Crippen LogP contribution >= 0.6 is 11.6 Å². The summed E-state index contributed by atoms with van der Waals surface area (Å²) in [4.78, 5) is 23.1. The Balaban J connectivity index is 2.63. The van der Waals surface area contributed by atoms with Crippen LogP contribution in [0.15, 0.2) is 24.3 Å². The van der Waals surface area contributed by atoms with Gasteiger partial charge in [-0.1, -0.05) is 23.7 Å². The van der Waals surface area contributed by atoms with Gasteiger partial charge in [-0.15, -0.1) is 0 Å². The Morgan fingerprint density at radius 1 is 1.50 bits per heavy atom. The standard InChI is InChI=1S/C12H11ClN2O3/c1-8(12(17)18-7-6-14)15-11(16)9-4-2-3-5-10(9)13/h2-5,8H,7H2,1H3,(H,15,16)/t8-/m0/s1. The highest BCUT2D eigenvalue weighted by Gasteiger charge is 2.18. The molecule has 0 fully saturated rings. The molecule has 1 aromatic carbocycles. The van der Waals surface area contributed by atoms with Crippen LogP contribution in [0.25, 0.3) is 0 Å². The van der Waals surface area contributed by atoms with E-state index < -0.39 is 17.9 Å². The van der Waals surface area contributed by atoms with Crippen molar-refractivity contribution in [2.75, 3.05) is 6.61 Å². The van der Waals surface area contributed by atoms with Gasteiger partial charge in [-0.05, 0) is 19.1 Å². The largest absolute Gasteiger partial charge is 0.449 e. The van der Waals surface area contributed by atoms with E-state index in [-0.39, 0.29) is 12.2 Å². The number of carbonyl (C=O) groups excluding carboxylic acids is 2. The first kappa shape index (κ1) is 14.0. The second-order valence-electron chi connectivity index (χ2n) is 3.44. The summed E-state index contributed by atoms with van der Waals surface area (Å²) in [6, 6.07) is 7.31. The molecular formula is C12H11ClN2O3. The van der Waals surface area contributed by atoms with Gasteiger partial charge in [0.25, 0.3) is 5.91 Å². The van der Waals surface area contributed by atoms with Crippen molar-refractivity contribution in [2.45, 2.75) is 13.0 Å². The minimum absolute atomic E-state index is 0.277. The normalized spacial score (nSPS) is 11.2. The summed E-state index contributed by atoms with van der Waals surface area (Å²) in [6.07, 6.45) is 0. The van der Waals surface area contributed by atoms with Crippen LogP contribution in [0.2, 0.25) is 5.02 Å². The van der Waals surface area contributed by atoms with Crippen LogP contribution in [0.4, 0.5) is 0 Å². The average Bonchev–Trinajstić information content (AvgIpc) is 2.36. The third-order valence-electron chi connectivity index (χ3n) is 2.10. The number of nitrogens with one attached hydrogen (secondary N) is 1. The molecule has 1 aromatic rings. The minimum Gasteiger partial charge on any atom is -0.449 e. The third-order valence-corrected chi connectivity index (χ3v) is 2.43. The van der Waals surface area contributed by atoms with Crippen LogP contribution in [-0.2, 0) is 9.53 Å². The van der Waals surface area contributed by atoms with Gasteiger partial charge in [-0.3, -0.25) is 4.79 Å². The molecule has 0 spiro atoms. The van der Waals surface area contributed by atoms with Gasteiger partial charge in [0.1, 0.15) is 12.1 Å². The van der Waals surface area contributed by atoms with E-state index in [0.717, 1.165) is 0 Å². The zero-order valence-corrected chi connectivity index (χ0v) is 10.4. The zero-order chi connectivity index (χ0) is 13.5. The zero-order valence-electron chi connectivity index (χ0n) is 9.64. The number of amides is 1. The summed E-state index contributed by atoms with van der Waals surface area (Å²) in [5, 5.41) is 11.0. The molecule has 1 rings (SSSR count). The molecule has 0 saturated carbocycles. The minimum atomic E-state index is -0.845. The van der Waals surface area contributed by atoms with Gasteiger partial charge in [-0.25, -0.2) is 4.79 Å². The number of hydrogen-bond donors (Lipinski definition) is 1. The molecule has 1 N–H and O–H groups in total. The lowest BCUT2D eigenvalue weighted by atomic mass is 10.2. The number of halogens is 1. The quantitative estimate of drug-likeness (QED) is 0.838. The SMILES string of the molecule is C[C@H](NC(=O)c1ccccc1Cl)C(=O)OCC#N. The summed E-state index contributed by atoms with van der Waals surface area (Å²) < 4.78 is 4.57. The second-order valence-corrected chi connectivity index (χ2v) is 3.85. The van der Waals surface area contributed by atoms with Gasteiger partial charge >= 0.3 is 5.97 Å². The van der Waals surface area contributed by atoms with Crippen LogP contribution < -0.4 is 5.32 Å². The van der Waals surface area contributed by atoms with Crippen molar-refractivity contribution in [3.63, 3.8) is 0 Å². The summed E-state index contributed by atoms with van der Waals surface area (Å²) >= 11 is 5.85. The first-order chi connectivity index (χ1) is 8.56. The molecule has 5 nitrogen and oxygen atoms in total. The fourth-order valence-corrected chi connectivity index (χ4v) is 1.43. The number of hydrogen-bond acceptors (Lipinski definition) is 4. The van der Waals surface area contributed by atoms with Gasteiger partial charge in [0, 0.05) is 0 Å². The third kappa shape index (κ3) is 3.75. The van der Waals surface area contributed by atoms with Gasteiger partial charge in [0.15, 0.2) is 6.61 Å². The van der Waals surface area contributed by atoms with Crippen molar-refractivity contribution in [2.24, 2.45) is 0 Å². The Morgan fingerprint density at radius 2 is 2.17 bits per heavy atom. The Morgan fingerprint density at radius 3 is 2.78 bits per heavy atom. The van der Waals surface area contributed by atoms with Crippen LogP contribution in [0, 0.1) is 11.3 Å². The van der Waals surface area contributed by atoms with Crippen LogP contribution in [-0.4, -0.2) is 24.5 Å². The number of benzene rings is 1. The summed E-state index contributed by atoms with van der Waals surface area (Å²) in [6.45, 7) is 1.12. The lowest BCUT2D eigenvalue weighted by Gasteiger charge is -2.12. The first-order valence-electron chi connectivity index (χ1n) is 5.15. The Hall–Kier alpha value is -2.06. The summed E-state index contributed by atoms with van der Waals surface area (Å²) in [7, 11) is 0. The predicted molar refractivity (Wildman–Crippen MR) is 65.0 cm³/mol. The van der Waals surface area contributed by atoms with E-state index in [0.29, 0.717) is 5.02 Å². The molecule has 0 radical (unpaired) electrons. The predicted octanol–water partition coefficient (Wildman–Crippen LogP) is 1.53. The van der Waals surface area contributed by atoms with E-state index in [1.54, 1.807) is 30.3 Å². The maximum absolute atomic E-state index is 11.8. The van der Waals surface area contributed by atoms with Crippen molar-refractivity contribution < 1.29 is 14.3 Å². The molecule has 0 heterocycles. The van der Waals surface area contributed by atoms with E-state index in [4.69, 9.17) is 16.9 Å². The smallest absolute Gasteiger partial charge is 0.329 e. The topological polar surface area (TPSA) is 79.2 Å². The molecule has 1 atom stereocenters. The van der Waals surface area contributed by atoms with Crippen LogP contribution in [0.5, 0.6) is 0 Å². The molecular weight excluding hydrogens is 256 g/mol. The number of nitriles is 1. The van der Waals surface area contributed by atoms with Gasteiger partial charge in [-0.2, -0.15) is 5.26 Å². The van der Waals surface area contributed by atoms with E-state index >= 15 is 0 Å². The fraction of sp³-hybridized carbons (Fsp3) is 0.250. The Kier molecular flexibility index (Phi) is 5.15. The number of carbonyl (C=O) groups is 2.